The fraction of sp³-hybridized carbons (Fsp3) is 1.00. The second-order valence-electron chi connectivity index (χ2n) is 14.3. The van der Waals surface area contributed by atoms with E-state index in [1.165, 1.54) is 43.3 Å². The predicted molar refractivity (Wildman–Crippen MR) is 82.9 cm³/mol. The van der Waals surface area contributed by atoms with Crippen LogP contribution in [-0.4, -0.2) is 14.4 Å². The SMILES string of the molecule is CC(C)(C)P(C(C)(C)C)[C]12[CH]3[CH]4[CH]5[CH]1[Fe]45321678[CH]2[CH]1[CH]6[CH]7[CH]28.[Pd]. The van der Waals surface area contributed by atoms with Gasteiger partial charge in [0.25, 0.3) is 0 Å². The van der Waals surface area contributed by atoms with Crippen LogP contribution in [0.4, 0.5) is 0 Å². The Bertz CT molecular complexity index is 965. The molecule has 0 amide bonds. The Morgan fingerprint density at radius 1 is 0.667 bits per heavy atom. The molecule has 10 aliphatic heterocycles. The number of rotatable bonds is 1. The summed E-state index contributed by atoms with van der Waals surface area (Å²) in [6, 6.07) is 0. The Balaban J connectivity index is 0.000000841. The van der Waals surface area contributed by atoms with Crippen LogP contribution in [0, 0.1) is 0 Å². The normalized spacial score (nSPS) is 100. The van der Waals surface area contributed by atoms with Crippen LogP contribution >= 0.6 is 7.92 Å². The largest absolute Gasteiger partial charge is 0 e. The van der Waals surface area contributed by atoms with E-state index >= 15 is 0 Å². The van der Waals surface area contributed by atoms with Crippen molar-refractivity contribution in [3.63, 3.8) is 0 Å². The van der Waals surface area contributed by atoms with Gasteiger partial charge in [-0.05, 0) is 0 Å². The Labute approximate surface area is 133 Å². The fourth-order valence-corrected chi connectivity index (χ4v) is 111. The molecule has 10 rings (SSSR count). The average molecular weight is 437 g/mol. The summed E-state index contributed by atoms with van der Waals surface area (Å²) in [5, 5.41) is 1.23. The van der Waals surface area contributed by atoms with E-state index in [-0.39, 0.29) is 28.3 Å². The maximum atomic E-state index is 2.64. The number of hydrogen-bond acceptors (Lipinski definition) is 0. The zero-order valence-corrected chi connectivity index (χ0v) is 17.4. The van der Waals surface area contributed by atoms with Gasteiger partial charge < -0.3 is 0 Å². The molecular formula is C18H27FePPd. The van der Waals surface area contributed by atoms with Crippen LogP contribution in [-0.2, 0) is 26.9 Å². The summed E-state index contributed by atoms with van der Waals surface area (Å²) in [5.41, 5.74) is 0. The smallest absolute Gasteiger partial charge is 0 e. The van der Waals surface area contributed by atoms with E-state index in [0.29, 0.717) is 10.3 Å². The topological polar surface area (TPSA) is 0 Å². The van der Waals surface area contributed by atoms with E-state index in [4.69, 9.17) is 0 Å². The van der Waals surface area contributed by atoms with Crippen LogP contribution in [0.5, 0.6) is 0 Å². The van der Waals surface area contributed by atoms with Crippen molar-refractivity contribution >= 4 is 7.92 Å². The van der Waals surface area contributed by atoms with Crippen molar-refractivity contribution in [3.8, 4) is 0 Å². The summed E-state index contributed by atoms with van der Waals surface area (Å²) >= 11 is 0. The molecule has 0 N–H and O–H groups in total. The summed E-state index contributed by atoms with van der Waals surface area (Å²) in [6.45, 7) is 12.9. The van der Waals surface area contributed by atoms with E-state index in [0.717, 1.165) is 4.05 Å². The molecule has 0 aromatic carbocycles. The maximum Gasteiger partial charge on any atom is 0 e. The Morgan fingerprint density at radius 2 is 1.00 bits per heavy atom. The zero-order valence-electron chi connectivity index (χ0n) is 13.8. The van der Waals surface area contributed by atoms with Crippen molar-refractivity contribution in [2.45, 2.75) is 99.3 Å². The van der Waals surface area contributed by atoms with Crippen LogP contribution in [0.1, 0.15) is 41.5 Å². The molecule has 0 radical (unpaired) electrons. The van der Waals surface area contributed by atoms with Gasteiger partial charge in [-0.15, -0.1) is 0 Å². The molecule has 122 valence electrons. The number of fused-ring (bicyclic) bond motifs is 10. The van der Waals surface area contributed by atoms with Crippen molar-refractivity contribution in [1.82, 2.24) is 0 Å². The van der Waals surface area contributed by atoms with Gasteiger partial charge in [0.2, 0.25) is 0 Å². The summed E-state index contributed by atoms with van der Waals surface area (Å²) in [4.78, 5) is 13.6. The van der Waals surface area contributed by atoms with Gasteiger partial charge in [0, 0.05) is 20.4 Å². The van der Waals surface area contributed by atoms with Crippen molar-refractivity contribution in [2.75, 3.05) is 0 Å². The summed E-state index contributed by atoms with van der Waals surface area (Å²) < 4.78 is 1.14. The monoisotopic (exact) mass is 436 g/mol. The first-order valence-corrected chi connectivity index (χ1v) is 16.6. The first kappa shape index (κ1) is 11.3. The van der Waals surface area contributed by atoms with Crippen LogP contribution < -0.4 is 0 Å². The molecule has 10 aliphatic rings. The van der Waals surface area contributed by atoms with Crippen LogP contribution in [0.2, 0.25) is 43.3 Å². The van der Waals surface area contributed by atoms with Gasteiger partial charge >= 0.3 is 114 Å². The minimum atomic E-state index is -2.88. The molecular weight excluding hydrogens is 409 g/mol. The van der Waals surface area contributed by atoms with Crippen LogP contribution in [0.3, 0.4) is 0 Å². The van der Waals surface area contributed by atoms with Crippen molar-refractivity contribution < 1.29 is 26.9 Å². The third kappa shape index (κ3) is 0.154. The van der Waals surface area contributed by atoms with Crippen LogP contribution in [0.15, 0.2) is 0 Å². The number of hydrogen-bond donors (Lipinski definition) is 0. The fourth-order valence-electron chi connectivity index (χ4n) is 18.7. The molecule has 10 fully saturated rings. The minimum Gasteiger partial charge on any atom is 0 e. The molecule has 21 heavy (non-hydrogen) atoms. The summed E-state index contributed by atoms with van der Waals surface area (Å²) in [7, 11) is 0.240. The average Bonchev–Trinajstić information content (AvgIpc) is 3.20. The standard InChI is InChI=1S/C13H22P.C5H5.Fe.Pd/c1-12(2,3)14(13(4,5)6)11-9-7-8-10-11;1-2-4-5-3-1;;/h7-10H,1-6H3;1-5H;;. The first-order chi connectivity index (χ1) is 8.91. The molecule has 0 saturated carbocycles. The van der Waals surface area contributed by atoms with Crippen molar-refractivity contribution in [1.29, 1.82) is 0 Å². The Morgan fingerprint density at radius 3 is 1.14 bits per heavy atom. The molecule has 0 aromatic heterocycles. The molecule has 0 aromatic rings. The van der Waals surface area contributed by atoms with Gasteiger partial charge in [0.05, 0.1) is 0 Å². The van der Waals surface area contributed by atoms with Gasteiger partial charge in [-0.3, -0.25) is 0 Å². The van der Waals surface area contributed by atoms with Gasteiger partial charge in [-0.2, -0.15) is 0 Å². The molecule has 10 heterocycles. The van der Waals surface area contributed by atoms with Gasteiger partial charge in [0.15, 0.2) is 0 Å². The second kappa shape index (κ2) is 1.03. The maximum absolute atomic E-state index is 2.88. The van der Waals surface area contributed by atoms with E-state index in [9.17, 15) is 0 Å². The molecule has 3 heteroatoms. The van der Waals surface area contributed by atoms with Gasteiger partial charge in [0.1, 0.15) is 0 Å². The summed E-state index contributed by atoms with van der Waals surface area (Å²) in [5.74, 6) is 0. The van der Waals surface area contributed by atoms with Crippen molar-refractivity contribution in [2.24, 2.45) is 0 Å². The molecule has 0 nitrogen and oxygen atoms in total. The second-order valence-corrected chi connectivity index (χ2v) is 42.4. The van der Waals surface area contributed by atoms with Gasteiger partial charge in [-0.25, -0.2) is 0 Å². The third-order valence-electron chi connectivity index (χ3n) is 16.3. The Kier molecular flexibility index (Phi) is 0.550. The van der Waals surface area contributed by atoms with E-state index in [1.54, 1.807) is 0 Å². The molecule has 0 bridgehead atoms. The van der Waals surface area contributed by atoms with Crippen LogP contribution in [0.25, 0.3) is 0 Å². The van der Waals surface area contributed by atoms with Gasteiger partial charge in [-0.1, -0.05) is 0 Å². The molecule has 10 saturated heterocycles. The van der Waals surface area contributed by atoms with E-state index < -0.39 is 6.51 Å². The first-order valence-electron chi connectivity index (χ1n) is 8.93. The minimum absolute atomic E-state index is 0. The molecule has 1 spiro atoms. The Hall–Kier alpha value is 1.61. The van der Waals surface area contributed by atoms with Crippen molar-refractivity contribution in [3.05, 3.63) is 0 Å². The summed E-state index contributed by atoms with van der Waals surface area (Å²) in [6.07, 6.45) is 0. The quantitative estimate of drug-likeness (QED) is 0.331. The molecule has 4 unspecified atom stereocenters. The molecule has 0 aliphatic carbocycles. The predicted octanol–water partition coefficient (Wildman–Crippen LogP) is 6.36. The molecule has 4 atom stereocenters. The third-order valence-corrected chi connectivity index (χ3v) is 66.7. The zero-order chi connectivity index (χ0) is 13.6. The van der Waals surface area contributed by atoms with E-state index in [1.807, 2.05) is 0 Å². The van der Waals surface area contributed by atoms with E-state index in [2.05, 4.69) is 41.5 Å².